The van der Waals surface area contributed by atoms with Crippen LogP contribution in [0.2, 0.25) is 0 Å². The summed E-state index contributed by atoms with van der Waals surface area (Å²) in [7, 11) is 0. The molecule has 0 radical (unpaired) electrons. The van der Waals surface area contributed by atoms with Gasteiger partial charge in [0.2, 0.25) is 5.91 Å². The summed E-state index contributed by atoms with van der Waals surface area (Å²) < 4.78 is 0. The van der Waals surface area contributed by atoms with Crippen LogP contribution in [0.1, 0.15) is 33.6 Å². The number of likely N-dealkylation sites (tertiary alicyclic amines) is 1. The minimum absolute atomic E-state index is 0.136. The molecule has 0 bridgehead atoms. The Morgan fingerprint density at radius 2 is 2.00 bits per heavy atom. The van der Waals surface area contributed by atoms with Gasteiger partial charge < -0.3 is 15.7 Å². The molecule has 3 N–H and O–H groups in total. The van der Waals surface area contributed by atoms with Crippen LogP contribution in [0.3, 0.4) is 0 Å². The van der Waals surface area contributed by atoms with Crippen LogP contribution in [0.4, 0.5) is 0 Å². The molecule has 0 saturated carbocycles. The maximum atomic E-state index is 12.1. The second kappa shape index (κ2) is 5.04. The largest absolute Gasteiger partial charge is 0.481 e. The Bertz CT molecular complexity index is 309. The SMILES string of the molecule is CC(C)(C)C(N)C(=O)N1CCC[C@@H](C(=O)O)C1. The minimum Gasteiger partial charge on any atom is -0.481 e. The van der Waals surface area contributed by atoms with Crippen LogP contribution in [0.25, 0.3) is 0 Å². The van der Waals surface area contributed by atoms with Crippen molar-refractivity contribution in [3.8, 4) is 0 Å². The molecular formula is C12H22N2O3. The molecule has 0 aliphatic carbocycles. The van der Waals surface area contributed by atoms with E-state index in [2.05, 4.69) is 0 Å². The van der Waals surface area contributed by atoms with Gasteiger partial charge in [-0.1, -0.05) is 20.8 Å². The molecule has 0 aromatic rings. The second-order valence-electron chi connectivity index (χ2n) is 5.81. The first-order valence-electron chi connectivity index (χ1n) is 6.00. The highest BCUT2D eigenvalue weighted by molar-refractivity contribution is 5.83. The Labute approximate surface area is 102 Å². The Morgan fingerprint density at radius 1 is 1.41 bits per heavy atom. The zero-order valence-corrected chi connectivity index (χ0v) is 10.8. The van der Waals surface area contributed by atoms with Crippen molar-refractivity contribution in [2.45, 2.75) is 39.7 Å². The van der Waals surface area contributed by atoms with Gasteiger partial charge in [0.05, 0.1) is 12.0 Å². The van der Waals surface area contributed by atoms with Gasteiger partial charge in [-0.05, 0) is 18.3 Å². The molecule has 98 valence electrons. The number of carbonyl (C=O) groups is 2. The molecule has 2 atom stereocenters. The lowest BCUT2D eigenvalue weighted by Crippen LogP contribution is -2.53. The van der Waals surface area contributed by atoms with E-state index in [1.165, 1.54) is 0 Å². The van der Waals surface area contributed by atoms with Gasteiger partial charge in [-0.3, -0.25) is 9.59 Å². The van der Waals surface area contributed by atoms with E-state index in [9.17, 15) is 9.59 Å². The van der Waals surface area contributed by atoms with E-state index in [-0.39, 0.29) is 17.9 Å². The molecule has 5 heteroatoms. The average molecular weight is 242 g/mol. The maximum absolute atomic E-state index is 12.1. The zero-order chi connectivity index (χ0) is 13.2. The van der Waals surface area contributed by atoms with Gasteiger partial charge in [0.15, 0.2) is 0 Å². The highest BCUT2D eigenvalue weighted by Crippen LogP contribution is 2.22. The minimum atomic E-state index is -0.827. The Kier molecular flexibility index (Phi) is 4.14. The topological polar surface area (TPSA) is 83.6 Å². The number of piperidine rings is 1. The van der Waals surface area contributed by atoms with Crippen LogP contribution in [0.15, 0.2) is 0 Å². The van der Waals surface area contributed by atoms with Gasteiger partial charge in [0.25, 0.3) is 0 Å². The van der Waals surface area contributed by atoms with E-state index < -0.39 is 17.9 Å². The van der Waals surface area contributed by atoms with Crippen LogP contribution in [0, 0.1) is 11.3 Å². The Hall–Kier alpha value is -1.10. The number of carboxylic acid groups (broad SMARTS) is 1. The molecule has 1 heterocycles. The van der Waals surface area contributed by atoms with Crippen molar-refractivity contribution in [2.24, 2.45) is 17.1 Å². The van der Waals surface area contributed by atoms with Crippen LogP contribution >= 0.6 is 0 Å². The third-order valence-electron chi connectivity index (χ3n) is 3.28. The van der Waals surface area contributed by atoms with Crippen molar-refractivity contribution in [3.05, 3.63) is 0 Å². The molecule has 0 aromatic carbocycles. The molecule has 1 rings (SSSR count). The van der Waals surface area contributed by atoms with Crippen molar-refractivity contribution in [3.63, 3.8) is 0 Å². The summed E-state index contributed by atoms with van der Waals surface area (Å²) in [4.78, 5) is 24.6. The summed E-state index contributed by atoms with van der Waals surface area (Å²) in [6.45, 7) is 6.64. The summed E-state index contributed by atoms with van der Waals surface area (Å²) in [5.74, 6) is -1.41. The maximum Gasteiger partial charge on any atom is 0.308 e. The molecule has 0 aromatic heterocycles. The van der Waals surface area contributed by atoms with E-state index in [4.69, 9.17) is 10.8 Å². The fourth-order valence-electron chi connectivity index (χ4n) is 1.95. The summed E-state index contributed by atoms with van der Waals surface area (Å²) in [6.07, 6.45) is 1.38. The molecule has 1 aliphatic rings. The normalized spacial score (nSPS) is 23.3. The van der Waals surface area contributed by atoms with Gasteiger partial charge >= 0.3 is 5.97 Å². The first-order valence-corrected chi connectivity index (χ1v) is 6.00. The van der Waals surface area contributed by atoms with Crippen LogP contribution in [0.5, 0.6) is 0 Å². The number of carbonyl (C=O) groups excluding carboxylic acids is 1. The van der Waals surface area contributed by atoms with Gasteiger partial charge in [-0.2, -0.15) is 0 Å². The zero-order valence-electron chi connectivity index (χ0n) is 10.8. The van der Waals surface area contributed by atoms with E-state index in [0.717, 1.165) is 6.42 Å². The number of nitrogens with zero attached hydrogens (tertiary/aromatic N) is 1. The van der Waals surface area contributed by atoms with Crippen LogP contribution < -0.4 is 5.73 Å². The summed E-state index contributed by atoms with van der Waals surface area (Å²) in [5, 5.41) is 8.97. The number of rotatable bonds is 2. The molecule has 0 spiro atoms. The van der Waals surface area contributed by atoms with E-state index in [0.29, 0.717) is 13.0 Å². The summed E-state index contributed by atoms with van der Waals surface area (Å²) in [5.41, 5.74) is 5.61. The Morgan fingerprint density at radius 3 is 2.47 bits per heavy atom. The highest BCUT2D eigenvalue weighted by Gasteiger charge is 2.34. The van der Waals surface area contributed by atoms with Gasteiger partial charge in [0.1, 0.15) is 0 Å². The summed E-state index contributed by atoms with van der Waals surface area (Å²) in [6, 6.07) is -0.574. The molecular weight excluding hydrogens is 220 g/mol. The second-order valence-corrected chi connectivity index (χ2v) is 5.81. The fourth-order valence-corrected chi connectivity index (χ4v) is 1.95. The lowest BCUT2D eigenvalue weighted by atomic mass is 9.86. The molecule has 1 amide bonds. The van der Waals surface area contributed by atoms with Crippen molar-refractivity contribution < 1.29 is 14.7 Å². The molecule has 1 saturated heterocycles. The van der Waals surface area contributed by atoms with Crippen LogP contribution in [-0.2, 0) is 9.59 Å². The van der Waals surface area contributed by atoms with Gasteiger partial charge in [-0.15, -0.1) is 0 Å². The number of amides is 1. The smallest absolute Gasteiger partial charge is 0.308 e. The molecule has 1 unspecified atom stereocenters. The summed E-state index contributed by atoms with van der Waals surface area (Å²) >= 11 is 0. The quantitative estimate of drug-likeness (QED) is 0.746. The van der Waals surface area contributed by atoms with Gasteiger partial charge in [0, 0.05) is 13.1 Å². The molecule has 1 aliphatic heterocycles. The van der Waals surface area contributed by atoms with Crippen LogP contribution in [-0.4, -0.2) is 41.0 Å². The lowest BCUT2D eigenvalue weighted by molar-refractivity contribution is -0.146. The predicted molar refractivity (Wildman–Crippen MR) is 64.4 cm³/mol. The van der Waals surface area contributed by atoms with Crippen molar-refractivity contribution >= 4 is 11.9 Å². The lowest BCUT2D eigenvalue weighted by Gasteiger charge is -2.36. The molecule has 5 nitrogen and oxygen atoms in total. The number of carboxylic acids is 1. The Balaban J connectivity index is 2.67. The monoisotopic (exact) mass is 242 g/mol. The van der Waals surface area contributed by atoms with E-state index in [1.807, 2.05) is 20.8 Å². The van der Waals surface area contributed by atoms with Crippen molar-refractivity contribution in [1.29, 1.82) is 0 Å². The fraction of sp³-hybridized carbons (Fsp3) is 0.833. The standard InChI is InChI=1S/C12H22N2O3/c1-12(2,3)9(13)10(15)14-6-4-5-8(7-14)11(16)17/h8-9H,4-7,13H2,1-3H3,(H,16,17)/t8-,9?/m1/s1. The number of hydrogen-bond donors (Lipinski definition) is 2. The first kappa shape index (κ1) is 14.0. The van der Waals surface area contributed by atoms with Gasteiger partial charge in [-0.25, -0.2) is 0 Å². The first-order chi connectivity index (χ1) is 7.73. The third-order valence-corrected chi connectivity index (χ3v) is 3.28. The van der Waals surface area contributed by atoms with Crippen molar-refractivity contribution in [2.75, 3.05) is 13.1 Å². The number of hydrogen-bond acceptors (Lipinski definition) is 3. The average Bonchev–Trinajstić information content (AvgIpc) is 2.26. The number of aliphatic carboxylic acids is 1. The van der Waals surface area contributed by atoms with Crippen molar-refractivity contribution in [1.82, 2.24) is 4.90 Å². The highest BCUT2D eigenvalue weighted by atomic mass is 16.4. The van der Waals surface area contributed by atoms with E-state index in [1.54, 1.807) is 4.90 Å². The number of nitrogens with two attached hydrogens (primary N) is 1. The van der Waals surface area contributed by atoms with E-state index >= 15 is 0 Å². The molecule has 17 heavy (non-hydrogen) atoms. The molecule has 1 fully saturated rings. The third kappa shape index (κ3) is 3.43. The predicted octanol–water partition coefficient (Wildman–Crippen LogP) is 0.683.